The highest BCUT2D eigenvalue weighted by Crippen LogP contribution is 2.17. The number of nitrogens with two attached hydrogens (primary N) is 2. The normalized spacial score (nSPS) is 10.7. The number of likely N-dealkylation sites (N-methyl/N-ethyl adjacent to an activating group) is 1. The standard InChI is InChI=1S/C13H21N3O2/c1-9(2)18-7-6-16(3)13(17)11-5-4-10(14)8-12(11)15/h4-5,8-9H,6-7,14-15H2,1-3H3. The molecule has 5 nitrogen and oxygen atoms in total. The van der Waals surface area contributed by atoms with Crippen LogP contribution in [-0.4, -0.2) is 37.1 Å². The van der Waals surface area contributed by atoms with E-state index in [4.69, 9.17) is 16.2 Å². The Labute approximate surface area is 108 Å². The predicted octanol–water partition coefficient (Wildman–Crippen LogP) is 1.35. The first-order valence-electron chi connectivity index (χ1n) is 5.94. The molecule has 0 atom stereocenters. The number of carbonyl (C=O) groups is 1. The number of hydrogen-bond acceptors (Lipinski definition) is 4. The Bertz CT molecular complexity index is 419. The number of rotatable bonds is 5. The van der Waals surface area contributed by atoms with Crippen molar-refractivity contribution in [3.05, 3.63) is 23.8 Å². The molecule has 0 aliphatic rings. The van der Waals surface area contributed by atoms with Gasteiger partial charge < -0.3 is 21.1 Å². The van der Waals surface area contributed by atoms with Gasteiger partial charge in [-0.2, -0.15) is 0 Å². The first kappa shape index (κ1) is 14.3. The van der Waals surface area contributed by atoms with E-state index < -0.39 is 0 Å². The van der Waals surface area contributed by atoms with E-state index in [9.17, 15) is 4.79 Å². The number of nitrogen functional groups attached to an aromatic ring is 2. The fourth-order valence-electron chi connectivity index (χ4n) is 1.51. The summed E-state index contributed by atoms with van der Waals surface area (Å²) in [5.41, 5.74) is 12.8. The molecular weight excluding hydrogens is 230 g/mol. The molecule has 0 saturated carbocycles. The molecule has 0 spiro atoms. The lowest BCUT2D eigenvalue weighted by Crippen LogP contribution is -2.31. The molecule has 0 heterocycles. The van der Waals surface area contributed by atoms with Gasteiger partial charge in [-0.05, 0) is 32.0 Å². The Balaban J connectivity index is 2.63. The first-order valence-corrected chi connectivity index (χ1v) is 5.94. The van der Waals surface area contributed by atoms with Crippen LogP contribution in [0.15, 0.2) is 18.2 Å². The topological polar surface area (TPSA) is 81.6 Å². The minimum Gasteiger partial charge on any atom is -0.399 e. The van der Waals surface area contributed by atoms with Gasteiger partial charge in [-0.25, -0.2) is 0 Å². The van der Waals surface area contributed by atoms with E-state index in [2.05, 4.69) is 0 Å². The van der Waals surface area contributed by atoms with Crippen LogP contribution in [0.5, 0.6) is 0 Å². The third-order valence-corrected chi connectivity index (χ3v) is 2.53. The Hall–Kier alpha value is -1.75. The minimum atomic E-state index is -0.125. The highest BCUT2D eigenvalue weighted by molar-refractivity contribution is 5.99. The molecule has 0 aromatic heterocycles. The Kier molecular flexibility index (Phi) is 4.97. The zero-order chi connectivity index (χ0) is 13.7. The van der Waals surface area contributed by atoms with Gasteiger partial charge >= 0.3 is 0 Å². The molecule has 0 bridgehead atoms. The van der Waals surface area contributed by atoms with Crippen molar-refractivity contribution in [2.75, 3.05) is 31.7 Å². The molecule has 0 radical (unpaired) electrons. The molecule has 0 aliphatic carbocycles. The van der Waals surface area contributed by atoms with Crippen molar-refractivity contribution in [1.82, 2.24) is 4.90 Å². The van der Waals surface area contributed by atoms with E-state index >= 15 is 0 Å². The van der Waals surface area contributed by atoms with Gasteiger partial charge in [0.2, 0.25) is 0 Å². The van der Waals surface area contributed by atoms with Crippen molar-refractivity contribution in [3.8, 4) is 0 Å². The second-order valence-electron chi connectivity index (χ2n) is 4.49. The van der Waals surface area contributed by atoms with Crippen LogP contribution in [0.25, 0.3) is 0 Å². The monoisotopic (exact) mass is 251 g/mol. The van der Waals surface area contributed by atoms with E-state index in [-0.39, 0.29) is 12.0 Å². The van der Waals surface area contributed by atoms with Crippen molar-refractivity contribution in [2.24, 2.45) is 0 Å². The average molecular weight is 251 g/mol. The second-order valence-corrected chi connectivity index (χ2v) is 4.49. The van der Waals surface area contributed by atoms with E-state index in [1.54, 1.807) is 30.1 Å². The summed E-state index contributed by atoms with van der Waals surface area (Å²) in [6.45, 7) is 4.95. The number of ether oxygens (including phenoxy) is 1. The van der Waals surface area contributed by atoms with Crippen LogP contribution in [0.2, 0.25) is 0 Å². The largest absolute Gasteiger partial charge is 0.399 e. The second kappa shape index (κ2) is 6.26. The zero-order valence-electron chi connectivity index (χ0n) is 11.1. The van der Waals surface area contributed by atoms with Gasteiger partial charge in [0.15, 0.2) is 0 Å². The number of benzene rings is 1. The number of nitrogens with zero attached hydrogens (tertiary/aromatic N) is 1. The number of anilines is 2. The zero-order valence-corrected chi connectivity index (χ0v) is 11.1. The molecule has 0 aliphatic heterocycles. The van der Waals surface area contributed by atoms with Crippen molar-refractivity contribution in [3.63, 3.8) is 0 Å². The average Bonchev–Trinajstić information content (AvgIpc) is 2.27. The maximum absolute atomic E-state index is 12.1. The van der Waals surface area contributed by atoms with Crippen LogP contribution >= 0.6 is 0 Å². The van der Waals surface area contributed by atoms with E-state index in [1.807, 2.05) is 13.8 Å². The summed E-state index contributed by atoms with van der Waals surface area (Å²) in [5, 5.41) is 0. The smallest absolute Gasteiger partial charge is 0.255 e. The van der Waals surface area contributed by atoms with Gasteiger partial charge in [0.25, 0.3) is 5.91 Å². The molecule has 18 heavy (non-hydrogen) atoms. The summed E-state index contributed by atoms with van der Waals surface area (Å²) in [6.07, 6.45) is 0.162. The lowest BCUT2D eigenvalue weighted by atomic mass is 10.1. The van der Waals surface area contributed by atoms with Gasteiger partial charge in [-0.1, -0.05) is 0 Å². The fourth-order valence-corrected chi connectivity index (χ4v) is 1.51. The van der Waals surface area contributed by atoms with Crippen LogP contribution in [-0.2, 0) is 4.74 Å². The molecule has 1 rings (SSSR count). The maximum Gasteiger partial charge on any atom is 0.255 e. The summed E-state index contributed by atoms with van der Waals surface area (Å²) in [6, 6.07) is 4.90. The summed E-state index contributed by atoms with van der Waals surface area (Å²) in [5.74, 6) is -0.125. The van der Waals surface area contributed by atoms with Crippen molar-refractivity contribution >= 4 is 17.3 Å². The number of amides is 1. The highest BCUT2D eigenvalue weighted by atomic mass is 16.5. The van der Waals surface area contributed by atoms with Gasteiger partial charge in [0.05, 0.1) is 18.3 Å². The third kappa shape index (κ3) is 3.92. The summed E-state index contributed by atoms with van der Waals surface area (Å²) in [4.78, 5) is 13.7. The van der Waals surface area contributed by atoms with Crippen LogP contribution in [0.3, 0.4) is 0 Å². The Morgan fingerprint density at radius 3 is 2.61 bits per heavy atom. The van der Waals surface area contributed by atoms with Crippen LogP contribution in [0.1, 0.15) is 24.2 Å². The SMILES string of the molecule is CC(C)OCCN(C)C(=O)c1ccc(N)cc1N. The first-order chi connectivity index (χ1) is 8.41. The Morgan fingerprint density at radius 1 is 1.39 bits per heavy atom. The lowest BCUT2D eigenvalue weighted by molar-refractivity contribution is 0.0532. The van der Waals surface area contributed by atoms with Crippen LogP contribution in [0, 0.1) is 0 Å². The molecule has 1 aromatic rings. The quantitative estimate of drug-likeness (QED) is 0.774. The molecule has 100 valence electrons. The minimum absolute atomic E-state index is 0.125. The molecule has 1 aromatic carbocycles. The maximum atomic E-state index is 12.1. The lowest BCUT2D eigenvalue weighted by Gasteiger charge is -2.19. The van der Waals surface area contributed by atoms with E-state index in [1.165, 1.54) is 0 Å². The van der Waals surface area contributed by atoms with Crippen molar-refractivity contribution in [2.45, 2.75) is 20.0 Å². The van der Waals surface area contributed by atoms with Gasteiger partial charge in [0, 0.05) is 25.0 Å². The Morgan fingerprint density at radius 2 is 2.06 bits per heavy atom. The molecule has 1 amide bonds. The molecule has 0 saturated heterocycles. The summed E-state index contributed by atoms with van der Waals surface area (Å²) >= 11 is 0. The highest BCUT2D eigenvalue weighted by Gasteiger charge is 2.14. The third-order valence-electron chi connectivity index (χ3n) is 2.53. The summed E-state index contributed by atoms with van der Waals surface area (Å²) in [7, 11) is 1.72. The molecule has 0 unspecified atom stereocenters. The number of carbonyl (C=O) groups excluding carboxylic acids is 1. The van der Waals surface area contributed by atoms with Gasteiger partial charge in [-0.3, -0.25) is 4.79 Å². The van der Waals surface area contributed by atoms with Crippen LogP contribution < -0.4 is 11.5 Å². The van der Waals surface area contributed by atoms with Crippen molar-refractivity contribution in [1.29, 1.82) is 0 Å². The molecule has 4 N–H and O–H groups in total. The molecular formula is C13H21N3O2. The summed E-state index contributed by atoms with van der Waals surface area (Å²) < 4.78 is 5.40. The van der Waals surface area contributed by atoms with Crippen LogP contribution in [0.4, 0.5) is 11.4 Å². The van der Waals surface area contributed by atoms with E-state index in [0.29, 0.717) is 30.1 Å². The fraction of sp³-hybridized carbons (Fsp3) is 0.462. The van der Waals surface area contributed by atoms with Gasteiger partial charge in [0.1, 0.15) is 0 Å². The van der Waals surface area contributed by atoms with E-state index in [0.717, 1.165) is 0 Å². The number of hydrogen-bond donors (Lipinski definition) is 2. The molecule has 0 fully saturated rings. The molecule has 5 heteroatoms. The van der Waals surface area contributed by atoms with Crippen molar-refractivity contribution < 1.29 is 9.53 Å². The predicted molar refractivity (Wildman–Crippen MR) is 73.3 cm³/mol. The van der Waals surface area contributed by atoms with Gasteiger partial charge in [-0.15, -0.1) is 0 Å².